The molecule has 0 saturated carbocycles. The van der Waals surface area contributed by atoms with E-state index in [0.717, 1.165) is 21.4 Å². The van der Waals surface area contributed by atoms with Gasteiger partial charge in [-0.05, 0) is 57.0 Å². The molecule has 0 aliphatic rings. The zero-order valence-corrected chi connectivity index (χ0v) is 19.8. The van der Waals surface area contributed by atoms with Gasteiger partial charge in [0.2, 0.25) is 11.8 Å². The predicted octanol–water partition coefficient (Wildman–Crippen LogP) is 5.18. The Morgan fingerprint density at radius 3 is 2.45 bits per heavy atom. The lowest BCUT2D eigenvalue weighted by molar-refractivity contribution is -0.138. The third kappa shape index (κ3) is 7.52. The number of amides is 2. The first-order chi connectivity index (χ1) is 13.8. The second kappa shape index (κ2) is 11.4. The lowest BCUT2D eigenvalue weighted by Crippen LogP contribution is -2.50. The average molecular weight is 477 g/mol. The zero-order valence-electron chi connectivity index (χ0n) is 17.4. The van der Waals surface area contributed by atoms with Crippen molar-refractivity contribution < 1.29 is 9.59 Å². The summed E-state index contributed by atoms with van der Waals surface area (Å²) in [5.74, 6) is 0.114. The summed E-state index contributed by atoms with van der Waals surface area (Å²) in [5, 5.41) is 2.99. The molecule has 2 rings (SSSR count). The number of rotatable bonds is 9. The molecule has 0 fully saturated rings. The molecule has 0 aromatic heterocycles. The first-order valence-electron chi connectivity index (χ1n) is 9.84. The highest BCUT2D eigenvalue weighted by Gasteiger charge is 2.26. The van der Waals surface area contributed by atoms with Gasteiger partial charge in [-0.15, -0.1) is 11.8 Å². The van der Waals surface area contributed by atoms with E-state index in [1.807, 2.05) is 69.3 Å². The summed E-state index contributed by atoms with van der Waals surface area (Å²) in [6.45, 7) is 8.22. The van der Waals surface area contributed by atoms with Crippen LogP contribution in [0.2, 0.25) is 0 Å². The van der Waals surface area contributed by atoms with Crippen molar-refractivity contribution in [3.63, 3.8) is 0 Å². The molecule has 156 valence electrons. The van der Waals surface area contributed by atoms with Crippen LogP contribution in [0.25, 0.3) is 0 Å². The molecule has 2 aromatic rings. The highest BCUT2D eigenvalue weighted by Crippen LogP contribution is 2.21. The van der Waals surface area contributed by atoms with E-state index in [0.29, 0.717) is 6.54 Å². The van der Waals surface area contributed by atoms with Crippen molar-refractivity contribution in [2.75, 3.05) is 5.75 Å². The highest BCUT2D eigenvalue weighted by molar-refractivity contribution is 9.10. The minimum atomic E-state index is -0.547. The number of carbonyl (C=O) groups is 2. The van der Waals surface area contributed by atoms with Crippen molar-refractivity contribution in [2.24, 2.45) is 0 Å². The maximum absolute atomic E-state index is 13.1. The number of hydrogen-bond donors (Lipinski definition) is 1. The number of carbonyl (C=O) groups excluding carboxylic acids is 2. The normalized spacial score (nSPS) is 12.9. The summed E-state index contributed by atoms with van der Waals surface area (Å²) >= 11 is 4.97. The summed E-state index contributed by atoms with van der Waals surface area (Å²) < 4.78 is 0.952. The van der Waals surface area contributed by atoms with E-state index in [1.165, 1.54) is 17.3 Å². The number of nitrogens with one attached hydrogen (secondary N) is 1. The minimum Gasteiger partial charge on any atom is -0.352 e. The van der Waals surface area contributed by atoms with Crippen molar-refractivity contribution in [2.45, 2.75) is 57.6 Å². The summed E-state index contributed by atoms with van der Waals surface area (Å²) in [6.07, 6.45) is 0.849. The van der Waals surface area contributed by atoms with Crippen molar-refractivity contribution >= 4 is 39.5 Å². The van der Waals surface area contributed by atoms with E-state index < -0.39 is 6.04 Å². The molecule has 0 spiro atoms. The summed E-state index contributed by atoms with van der Waals surface area (Å²) in [4.78, 5) is 28.5. The van der Waals surface area contributed by atoms with Gasteiger partial charge < -0.3 is 10.2 Å². The molecule has 0 radical (unpaired) electrons. The van der Waals surface area contributed by atoms with Crippen molar-refractivity contribution in [1.82, 2.24) is 10.2 Å². The SMILES string of the molecule is CC[C@@H](C)NC(=O)[C@@H](C)N(Cc1cccc(Br)c1)C(=O)CSc1ccc(C)cc1. The van der Waals surface area contributed by atoms with Gasteiger partial charge in [0.1, 0.15) is 6.04 Å². The van der Waals surface area contributed by atoms with E-state index in [1.54, 1.807) is 11.8 Å². The molecule has 0 saturated heterocycles. The van der Waals surface area contributed by atoms with E-state index >= 15 is 0 Å². The first kappa shape index (κ1) is 23.5. The van der Waals surface area contributed by atoms with Crippen LogP contribution in [0.1, 0.15) is 38.3 Å². The zero-order chi connectivity index (χ0) is 21.4. The van der Waals surface area contributed by atoms with Crippen molar-refractivity contribution in [3.8, 4) is 0 Å². The van der Waals surface area contributed by atoms with Gasteiger partial charge in [0.05, 0.1) is 5.75 Å². The molecule has 0 aliphatic carbocycles. The maximum atomic E-state index is 13.1. The van der Waals surface area contributed by atoms with Gasteiger partial charge in [0, 0.05) is 22.0 Å². The van der Waals surface area contributed by atoms with Crippen LogP contribution in [-0.2, 0) is 16.1 Å². The van der Waals surface area contributed by atoms with Crippen LogP contribution in [0.5, 0.6) is 0 Å². The smallest absolute Gasteiger partial charge is 0.242 e. The van der Waals surface area contributed by atoms with Gasteiger partial charge in [0.25, 0.3) is 0 Å². The Labute approximate surface area is 186 Å². The Kier molecular flexibility index (Phi) is 9.24. The predicted molar refractivity (Wildman–Crippen MR) is 124 cm³/mol. The molecule has 2 amide bonds. The van der Waals surface area contributed by atoms with Crippen molar-refractivity contribution in [3.05, 3.63) is 64.1 Å². The topological polar surface area (TPSA) is 49.4 Å². The number of nitrogens with zero attached hydrogens (tertiary/aromatic N) is 1. The van der Waals surface area contributed by atoms with Gasteiger partial charge in [-0.2, -0.15) is 0 Å². The molecule has 0 heterocycles. The molecule has 0 unspecified atom stereocenters. The molecule has 6 heteroatoms. The fourth-order valence-corrected chi connectivity index (χ4v) is 3.97. The molecule has 1 N–H and O–H groups in total. The summed E-state index contributed by atoms with van der Waals surface area (Å²) in [7, 11) is 0. The Morgan fingerprint density at radius 1 is 1.14 bits per heavy atom. The Bertz CT molecular complexity index is 826. The molecular weight excluding hydrogens is 448 g/mol. The standard InChI is InChI=1S/C23H29BrN2O2S/c1-5-17(3)25-23(28)18(4)26(14-19-7-6-8-20(24)13-19)22(27)15-29-21-11-9-16(2)10-12-21/h6-13,17-18H,5,14-15H2,1-4H3,(H,25,28)/t17-,18-/m1/s1. The monoisotopic (exact) mass is 476 g/mol. The number of halogens is 1. The molecule has 0 bridgehead atoms. The van der Waals surface area contributed by atoms with Crippen molar-refractivity contribution in [1.29, 1.82) is 0 Å². The number of thioether (sulfide) groups is 1. The second-order valence-corrected chi connectivity index (χ2v) is 9.21. The summed E-state index contributed by atoms with van der Waals surface area (Å²) in [5.41, 5.74) is 2.17. The highest BCUT2D eigenvalue weighted by atomic mass is 79.9. The van der Waals surface area contributed by atoms with Gasteiger partial charge in [0.15, 0.2) is 0 Å². The van der Waals surface area contributed by atoms with Crippen LogP contribution in [0.4, 0.5) is 0 Å². The van der Waals surface area contributed by atoms with Gasteiger partial charge in [-0.1, -0.05) is 52.7 Å². The Hall–Kier alpha value is -1.79. The van der Waals surface area contributed by atoms with Gasteiger partial charge in [-0.25, -0.2) is 0 Å². The van der Waals surface area contributed by atoms with Crippen LogP contribution < -0.4 is 5.32 Å². The third-order valence-electron chi connectivity index (χ3n) is 4.79. The van der Waals surface area contributed by atoms with E-state index in [4.69, 9.17) is 0 Å². The molecular formula is C23H29BrN2O2S. The first-order valence-corrected chi connectivity index (χ1v) is 11.6. The van der Waals surface area contributed by atoms with Crippen LogP contribution in [-0.4, -0.2) is 34.6 Å². The fraction of sp³-hybridized carbons (Fsp3) is 0.391. The van der Waals surface area contributed by atoms with E-state index in [-0.39, 0.29) is 23.6 Å². The molecule has 2 aromatic carbocycles. The van der Waals surface area contributed by atoms with E-state index in [9.17, 15) is 9.59 Å². The average Bonchev–Trinajstić information content (AvgIpc) is 2.70. The number of aryl methyl sites for hydroxylation is 1. The molecule has 4 nitrogen and oxygen atoms in total. The third-order valence-corrected chi connectivity index (χ3v) is 6.28. The maximum Gasteiger partial charge on any atom is 0.242 e. The summed E-state index contributed by atoms with van der Waals surface area (Å²) in [6, 6.07) is 15.5. The van der Waals surface area contributed by atoms with Crippen LogP contribution in [0.3, 0.4) is 0 Å². The number of hydrogen-bond acceptors (Lipinski definition) is 3. The van der Waals surface area contributed by atoms with E-state index in [2.05, 4.69) is 21.2 Å². The Balaban J connectivity index is 2.14. The Morgan fingerprint density at radius 2 is 1.83 bits per heavy atom. The number of benzene rings is 2. The van der Waals surface area contributed by atoms with Crippen LogP contribution in [0.15, 0.2) is 57.9 Å². The van der Waals surface area contributed by atoms with Crippen LogP contribution >= 0.6 is 27.7 Å². The minimum absolute atomic E-state index is 0.0534. The quantitative estimate of drug-likeness (QED) is 0.507. The lowest BCUT2D eigenvalue weighted by atomic mass is 10.1. The molecule has 0 aliphatic heterocycles. The molecule has 2 atom stereocenters. The lowest BCUT2D eigenvalue weighted by Gasteiger charge is -2.29. The van der Waals surface area contributed by atoms with Gasteiger partial charge >= 0.3 is 0 Å². The fourth-order valence-electron chi connectivity index (χ4n) is 2.74. The van der Waals surface area contributed by atoms with Gasteiger partial charge in [-0.3, -0.25) is 9.59 Å². The molecule has 29 heavy (non-hydrogen) atoms. The second-order valence-electron chi connectivity index (χ2n) is 7.25. The largest absolute Gasteiger partial charge is 0.352 e. The van der Waals surface area contributed by atoms with Crippen LogP contribution in [0, 0.1) is 6.92 Å².